The second-order valence-corrected chi connectivity index (χ2v) is 8.55. The Labute approximate surface area is 134 Å². The highest BCUT2D eigenvalue weighted by atomic mass is 79.9. The molecule has 2 rings (SSSR count). The zero-order valence-electron chi connectivity index (χ0n) is 11.0. The molecule has 2 atom stereocenters. The summed E-state index contributed by atoms with van der Waals surface area (Å²) in [5, 5.41) is 0. The standard InChI is InChI=1S/C13H17Br2NO2S/c1-3-9-7-18-8(2)5-16(9)6-11(17)10-4-12(14)19-13(10)15/h4,8-9H,3,5-7H2,1-2H3. The largest absolute Gasteiger partial charge is 0.376 e. The van der Waals surface area contributed by atoms with Gasteiger partial charge < -0.3 is 4.74 Å². The monoisotopic (exact) mass is 409 g/mol. The normalized spacial score (nSPS) is 24.6. The van der Waals surface area contributed by atoms with Gasteiger partial charge in [0.15, 0.2) is 5.78 Å². The zero-order chi connectivity index (χ0) is 14.0. The van der Waals surface area contributed by atoms with Gasteiger partial charge in [-0.05, 0) is 51.3 Å². The molecule has 0 aromatic carbocycles. The summed E-state index contributed by atoms with van der Waals surface area (Å²) < 4.78 is 7.54. The van der Waals surface area contributed by atoms with Gasteiger partial charge in [-0.2, -0.15) is 0 Å². The van der Waals surface area contributed by atoms with E-state index in [-0.39, 0.29) is 11.9 Å². The fourth-order valence-electron chi connectivity index (χ4n) is 2.28. The number of rotatable bonds is 4. The second-order valence-electron chi connectivity index (χ2n) is 4.80. The molecular formula is C13H17Br2NO2S. The molecule has 0 spiro atoms. The van der Waals surface area contributed by atoms with Crippen molar-refractivity contribution in [3.63, 3.8) is 0 Å². The van der Waals surface area contributed by atoms with Crippen molar-refractivity contribution < 1.29 is 9.53 Å². The molecule has 0 N–H and O–H groups in total. The number of ether oxygens (including phenoxy) is 1. The fraction of sp³-hybridized carbons (Fsp3) is 0.615. The van der Waals surface area contributed by atoms with Crippen LogP contribution < -0.4 is 0 Å². The summed E-state index contributed by atoms with van der Waals surface area (Å²) in [7, 11) is 0. The van der Waals surface area contributed by atoms with Gasteiger partial charge in [-0.15, -0.1) is 11.3 Å². The molecule has 0 saturated carbocycles. The molecule has 0 amide bonds. The van der Waals surface area contributed by atoms with Crippen LogP contribution in [0.2, 0.25) is 0 Å². The van der Waals surface area contributed by atoms with Crippen LogP contribution in [0.15, 0.2) is 13.6 Å². The molecule has 1 aromatic rings. The SMILES string of the molecule is CCC1COC(C)CN1CC(=O)c1cc(Br)sc1Br. The van der Waals surface area contributed by atoms with Crippen LogP contribution in [0.25, 0.3) is 0 Å². The summed E-state index contributed by atoms with van der Waals surface area (Å²) >= 11 is 8.40. The summed E-state index contributed by atoms with van der Waals surface area (Å²) in [4.78, 5) is 14.6. The number of carbonyl (C=O) groups excluding carboxylic acids is 1. The number of hydrogen-bond acceptors (Lipinski definition) is 4. The Kier molecular flexibility index (Phi) is 5.60. The van der Waals surface area contributed by atoms with Crippen LogP contribution in [0.1, 0.15) is 30.6 Å². The van der Waals surface area contributed by atoms with E-state index in [4.69, 9.17) is 4.74 Å². The van der Waals surface area contributed by atoms with E-state index < -0.39 is 0 Å². The van der Waals surface area contributed by atoms with Crippen LogP contribution in [-0.4, -0.2) is 42.5 Å². The van der Waals surface area contributed by atoms with E-state index in [0.29, 0.717) is 12.6 Å². The lowest BCUT2D eigenvalue weighted by Gasteiger charge is -2.37. The lowest BCUT2D eigenvalue weighted by Crippen LogP contribution is -2.50. The Morgan fingerprint density at radius 2 is 2.32 bits per heavy atom. The molecule has 19 heavy (non-hydrogen) atoms. The third-order valence-electron chi connectivity index (χ3n) is 3.36. The summed E-state index contributed by atoms with van der Waals surface area (Å²) in [6.07, 6.45) is 1.21. The molecule has 0 aliphatic carbocycles. The Bertz CT molecular complexity index is 463. The third kappa shape index (κ3) is 3.88. The lowest BCUT2D eigenvalue weighted by molar-refractivity contribution is -0.0523. The lowest BCUT2D eigenvalue weighted by atomic mass is 10.1. The number of ketones is 1. The molecule has 0 bridgehead atoms. The molecule has 2 heterocycles. The predicted octanol–water partition coefficient (Wildman–Crippen LogP) is 3.96. The Hall–Kier alpha value is 0.250. The maximum Gasteiger partial charge on any atom is 0.178 e. The van der Waals surface area contributed by atoms with Crippen molar-refractivity contribution >= 4 is 49.0 Å². The van der Waals surface area contributed by atoms with Gasteiger partial charge in [0.1, 0.15) is 0 Å². The van der Waals surface area contributed by atoms with Crippen LogP contribution in [0, 0.1) is 0 Å². The van der Waals surface area contributed by atoms with Crippen LogP contribution in [0.4, 0.5) is 0 Å². The molecule has 106 valence electrons. The first-order valence-corrected chi connectivity index (χ1v) is 8.75. The molecule has 1 saturated heterocycles. The first kappa shape index (κ1) is 15.6. The summed E-state index contributed by atoms with van der Waals surface area (Å²) in [5.41, 5.74) is 0.769. The minimum atomic E-state index is 0.168. The Morgan fingerprint density at radius 3 is 2.89 bits per heavy atom. The average molecular weight is 411 g/mol. The summed E-state index contributed by atoms with van der Waals surface area (Å²) in [6, 6.07) is 2.24. The number of Topliss-reactive ketones (excluding diaryl/α,β-unsaturated/α-hetero) is 1. The molecule has 2 unspecified atom stereocenters. The number of morpholine rings is 1. The van der Waals surface area contributed by atoms with Crippen LogP contribution >= 0.6 is 43.2 Å². The molecule has 1 fully saturated rings. The minimum absolute atomic E-state index is 0.168. The number of carbonyl (C=O) groups is 1. The van der Waals surface area contributed by atoms with Gasteiger partial charge in [-0.3, -0.25) is 9.69 Å². The molecule has 1 aromatic heterocycles. The van der Waals surface area contributed by atoms with Crippen LogP contribution in [0.3, 0.4) is 0 Å². The quantitative estimate of drug-likeness (QED) is 0.703. The Morgan fingerprint density at radius 1 is 1.58 bits per heavy atom. The van der Waals surface area contributed by atoms with Gasteiger partial charge in [0.05, 0.1) is 26.8 Å². The van der Waals surface area contributed by atoms with Crippen LogP contribution in [-0.2, 0) is 4.74 Å². The highest BCUT2D eigenvalue weighted by Gasteiger charge is 2.28. The molecular weight excluding hydrogens is 394 g/mol. The van der Waals surface area contributed by atoms with E-state index in [2.05, 4.69) is 50.6 Å². The van der Waals surface area contributed by atoms with Crippen molar-refractivity contribution in [2.24, 2.45) is 0 Å². The number of halogens is 2. The fourth-order valence-corrected chi connectivity index (χ4v) is 5.14. The number of hydrogen-bond donors (Lipinski definition) is 0. The smallest absolute Gasteiger partial charge is 0.178 e. The average Bonchev–Trinajstić information content (AvgIpc) is 2.69. The van der Waals surface area contributed by atoms with E-state index in [1.54, 1.807) is 0 Å². The summed E-state index contributed by atoms with van der Waals surface area (Å²) in [5.74, 6) is 0.168. The van der Waals surface area contributed by atoms with E-state index in [1.165, 1.54) is 11.3 Å². The minimum Gasteiger partial charge on any atom is -0.376 e. The highest BCUT2D eigenvalue weighted by molar-refractivity contribution is 9.12. The van der Waals surface area contributed by atoms with Gasteiger partial charge >= 0.3 is 0 Å². The highest BCUT2D eigenvalue weighted by Crippen LogP contribution is 2.32. The molecule has 1 aliphatic rings. The molecule has 0 radical (unpaired) electrons. The maximum atomic E-state index is 12.4. The van der Waals surface area contributed by atoms with E-state index in [0.717, 1.165) is 32.7 Å². The molecule has 3 nitrogen and oxygen atoms in total. The Balaban J connectivity index is 2.06. The van der Waals surface area contributed by atoms with Crippen molar-refractivity contribution in [2.75, 3.05) is 19.7 Å². The second kappa shape index (κ2) is 6.80. The first-order valence-electron chi connectivity index (χ1n) is 6.35. The molecule has 1 aliphatic heterocycles. The predicted molar refractivity (Wildman–Crippen MR) is 85.1 cm³/mol. The number of thiophene rings is 1. The van der Waals surface area contributed by atoms with E-state index >= 15 is 0 Å². The summed E-state index contributed by atoms with van der Waals surface area (Å²) in [6.45, 7) is 6.21. The van der Waals surface area contributed by atoms with E-state index in [1.807, 2.05) is 6.07 Å². The van der Waals surface area contributed by atoms with Gasteiger partial charge in [-0.25, -0.2) is 0 Å². The van der Waals surface area contributed by atoms with Crippen LogP contribution in [0.5, 0.6) is 0 Å². The topological polar surface area (TPSA) is 29.5 Å². The third-order valence-corrected chi connectivity index (χ3v) is 5.70. The van der Waals surface area contributed by atoms with Crippen molar-refractivity contribution in [3.8, 4) is 0 Å². The van der Waals surface area contributed by atoms with Crippen molar-refractivity contribution in [1.29, 1.82) is 0 Å². The van der Waals surface area contributed by atoms with E-state index in [9.17, 15) is 4.79 Å². The first-order chi connectivity index (χ1) is 9.01. The maximum absolute atomic E-state index is 12.4. The molecule has 6 heteroatoms. The van der Waals surface area contributed by atoms with Crippen molar-refractivity contribution in [2.45, 2.75) is 32.4 Å². The van der Waals surface area contributed by atoms with Crippen molar-refractivity contribution in [1.82, 2.24) is 4.90 Å². The van der Waals surface area contributed by atoms with Gasteiger partial charge in [-0.1, -0.05) is 6.92 Å². The van der Waals surface area contributed by atoms with Gasteiger partial charge in [0.2, 0.25) is 0 Å². The zero-order valence-corrected chi connectivity index (χ0v) is 15.0. The van der Waals surface area contributed by atoms with Gasteiger partial charge in [0.25, 0.3) is 0 Å². The van der Waals surface area contributed by atoms with Crippen molar-refractivity contribution in [3.05, 3.63) is 19.2 Å². The number of nitrogens with zero attached hydrogens (tertiary/aromatic N) is 1. The van der Waals surface area contributed by atoms with Gasteiger partial charge in [0, 0.05) is 18.2 Å².